The molecule has 0 saturated carbocycles. The van der Waals surface area contributed by atoms with E-state index in [0.29, 0.717) is 10.9 Å². The molecule has 0 unspecified atom stereocenters. The number of fused-ring (bicyclic) bond motifs is 1. The molecule has 1 N–H and O–H groups in total. The molecule has 5 nitrogen and oxygen atoms in total. The van der Waals surface area contributed by atoms with Crippen molar-refractivity contribution in [3.63, 3.8) is 0 Å². The third kappa shape index (κ3) is 1.85. The number of para-hydroxylation sites is 1. The van der Waals surface area contributed by atoms with E-state index in [0.717, 1.165) is 0 Å². The number of aromatic amines is 1. The lowest BCUT2D eigenvalue weighted by molar-refractivity contribution is -0.132. The second-order valence-corrected chi connectivity index (χ2v) is 2.99. The van der Waals surface area contributed by atoms with Gasteiger partial charge in [-0.3, -0.25) is 4.79 Å². The molecule has 0 aliphatic rings. The summed E-state index contributed by atoms with van der Waals surface area (Å²) in [6.45, 7) is 1.26. The minimum absolute atomic E-state index is 0.0434. The average molecular weight is 204 g/mol. The van der Waals surface area contributed by atoms with Crippen molar-refractivity contribution in [3.05, 3.63) is 34.7 Å². The number of carbonyl (C=O) groups excluding carboxylic acids is 1. The first-order valence-electron chi connectivity index (χ1n) is 4.34. The fraction of sp³-hybridized carbons (Fsp3) is 0.100. The fourth-order valence-electron chi connectivity index (χ4n) is 1.29. The highest BCUT2D eigenvalue weighted by molar-refractivity contribution is 5.85. The third-order valence-electron chi connectivity index (χ3n) is 1.84. The van der Waals surface area contributed by atoms with E-state index in [4.69, 9.17) is 4.74 Å². The van der Waals surface area contributed by atoms with Crippen LogP contribution >= 0.6 is 0 Å². The molecule has 0 aliphatic heterocycles. The Morgan fingerprint density at radius 1 is 1.40 bits per heavy atom. The summed E-state index contributed by atoms with van der Waals surface area (Å²) in [7, 11) is 0. The summed E-state index contributed by atoms with van der Waals surface area (Å²) in [5, 5.41) is 0.604. The summed E-state index contributed by atoms with van der Waals surface area (Å²) >= 11 is 0. The van der Waals surface area contributed by atoms with Gasteiger partial charge in [0.2, 0.25) is 5.88 Å². The Labute approximate surface area is 84.7 Å². The van der Waals surface area contributed by atoms with Gasteiger partial charge < -0.3 is 9.72 Å². The lowest BCUT2D eigenvalue weighted by Gasteiger charge is -2.03. The molecular weight excluding hydrogens is 196 g/mol. The second-order valence-electron chi connectivity index (χ2n) is 2.99. The van der Waals surface area contributed by atoms with Crippen molar-refractivity contribution >= 4 is 16.9 Å². The first-order valence-corrected chi connectivity index (χ1v) is 4.34. The Morgan fingerprint density at radius 2 is 2.13 bits per heavy atom. The van der Waals surface area contributed by atoms with Crippen LogP contribution in [0.15, 0.2) is 29.1 Å². The van der Waals surface area contributed by atoms with Gasteiger partial charge in [-0.25, -0.2) is 4.79 Å². The number of hydrogen-bond donors (Lipinski definition) is 1. The number of carbonyl (C=O) groups is 1. The largest absolute Gasteiger partial charge is 0.407 e. The van der Waals surface area contributed by atoms with Crippen molar-refractivity contribution in [2.45, 2.75) is 6.92 Å². The van der Waals surface area contributed by atoms with Crippen LogP contribution in [0.4, 0.5) is 0 Å². The maximum Gasteiger partial charge on any atom is 0.348 e. The Morgan fingerprint density at radius 3 is 2.87 bits per heavy atom. The van der Waals surface area contributed by atoms with Crippen molar-refractivity contribution in [1.29, 1.82) is 0 Å². The van der Waals surface area contributed by atoms with Crippen LogP contribution in [0.1, 0.15) is 6.92 Å². The van der Waals surface area contributed by atoms with Gasteiger partial charge in [0.1, 0.15) is 0 Å². The summed E-state index contributed by atoms with van der Waals surface area (Å²) in [5.41, 5.74) is 0.0544. The first kappa shape index (κ1) is 9.39. The van der Waals surface area contributed by atoms with E-state index in [9.17, 15) is 9.59 Å². The van der Waals surface area contributed by atoms with Crippen LogP contribution in [-0.2, 0) is 4.79 Å². The Kier molecular flexibility index (Phi) is 2.21. The molecule has 1 aromatic heterocycles. The average Bonchev–Trinajstić information content (AvgIpc) is 2.16. The van der Waals surface area contributed by atoms with Crippen molar-refractivity contribution in [2.75, 3.05) is 0 Å². The normalized spacial score (nSPS) is 10.2. The maximum atomic E-state index is 11.1. The SMILES string of the molecule is CC(=O)Oc1nc(=O)[nH]c2ccccc12. The van der Waals surface area contributed by atoms with Crippen molar-refractivity contribution in [1.82, 2.24) is 9.97 Å². The first-order chi connectivity index (χ1) is 7.16. The zero-order valence-corrected chi connectivity index (χ0v) is 7.98. The topological polar surface area (TPSA) is 72.0 Å². The van der Waals surface area contributed by atoms with Crippen LogP contribution in [0.5, 0.6) is 5.88 Å². The quantitative estimate of drug-likeness (QED) is 0.699. The molecule has 0 radical (unpaired) electrons. The number of esters is 1. The molecule has 15 heavy (non-hydrogen) atoms. The minimum atomic E-state index is -0.537. The highest BCUT2D eigenvalue weighted by Crippen LogP contribution is 2.18. The van der Waals surface area contributed by atoms with Gasteiger partial charge in [0.15, 0.2) is 0 Å². The van der Waals surface area contributed by atoms with Crippen molar-refractivity contribution in [3.8, 4) is 5.88 Å². The summed E-state index contributed by atoms with van der Waals surface area (Å²) in [6.07, 6.45) is 0. The van der Waals surface area contributed by atoms with E-state index in [-0.39, 0.29) is 5.88 Å². The number of aromatic nitrogens is 2. The van der Waals surface area contributed by atoms with Gasteiger partial charge in [-0.1, -0.05) is 12.1 Å². The molecule has 0 saturated heterocycles. The van der Waals surface area contributed by atoms with Crippen LogP contribution in [-0.4, -0.2) is 15.9 Å². The molecule has 5 heteroatoms. The lowest BCUT2D eigenvalue weighted by atomic mass is 10.2. The number of ether oxygens (including phenoxy) is 1. The molecule has 2 rings (SSSR count). The van der Waals surface area contributed by atoms with Gasteiger partial charge in [-0.05, 0) is 12.1 Å². The molecule has 0 spiro atoms. The molecular formula is C10H8N2O3. The lowest BCUT2D eigenvalue weighted by Crippen LogP contribution is -2.14. The molecule has 1 aromatic carbocycles. The van der Waals surface area contributed by atoms with E-state index in [2.05, 4.69) is 9.97 Å². The van der Waals surface area contributed by atoms with Crippen LogP contribution in [0, 0.1) is 0 Å². The molecule has 0 amide bonds. The molecule has 0 atom stereocenters. The number of hydrogen-bond acceptors (Lipinski definition) is 4. The Hall–Kier alpha value is -2.17. The van der Waals surface area contributed by atoms with E-state index in [1.54, 1.807) is 24.3 Å². The van der Waals surface area contributed by atoms with Gasteiger partial charge in [-0.2, -0.15) is 4.98 Å². The van der Waals surface area contributed by atoms with E-state index >= 15 is 0 Å². The highest BCUT2D eigenvalue weighted by atomic mass is 16.5. The monoisotopic (exact) mass is 204 g/mol. The summed E-state index contributed by atoms with van der Waals surface area (Å²) in [5.74, 6) is -0.458. The summed E-state index contributed by atoms with van der Waals surface area (Å²) in [6, 6.07) is 6.98. The van der Waals surface area contributed by atoms with Gasteiger partial charge >= 0.3 is 11.7 Å². The highest BCUT2D eigenvalue weighted by Gasteiger charge is 2.07. The molecule has 76 valence electrons. The molecule has 2 aromatic rings. The van der Waals surface area contributed by atoms with Crippen molar-refractivity contribution < 1.29 is 9.53 Å². The third-order valence-corrected chi connectivity index (χ3v) is 1.84. The Bertz CT molecular complexity index is 574. The second kappa shape index (κ2) is 3.53. The van der Waals surface area contributed by atoms with Crippen LogP contribution in [0.25, 0.3) is 10.9 Å². The summed E-state index contributed by atoms with van der Waals surface area (Å²) < 4.78 is 4.84. The van der Waals surface area contributed by atoms with Crippen LogP contribution < -0.4 is 10.4 Å². The Balaban J connectivity index is 2.71. The molecule has 0 bridgehead atoms. The van der Waals surface area contributed by atoms with Gasteiger partial charge in [-0.15, -0.1) is 0 Å². The maximum absolute atomic E-state index is 11.1. The number of rotatable bonds is 1. The smallest absolute Gasteiger partial charge is 0.348 e. The zero-order valence-electron chi connectivity index (χ0n) is 7.98. The van der Waals surface area contributed by atoms with E-state index in [1.807, 2.05) is 0 Å². The predicted molar refractivity (Wildman–Crippen MR) is 53.7 cm³/mol. The van der Waals surface area contributed by atoms with Gasteiger partial charge in [0.25, 0.3) is 0 Å². The molecule has 1 heterocycles. The number of nitrogens with one attached hydrogen (secondary N) is 1. The number of nitrogens with zero attached hydrogens (tertiary/aromatic N) is 1. The van der Waals surface area contributed by atoms with E-state index in [1.165, 1.54) is 6.92 Å². The fourth-order valence-corrected chi connectivity index (χ4v) is 1.29. The van der Waals surface area contributed by atoms with Crippen LogP contribution in [0.3, 0.4) is 0 Å². The number of benzene rings is 1. The standard InChI is InChI=1S/C10H8N2O3/c1-6(13)15-9-7-4-2-3-5-8(7)11-10(14)12-9/h2-5H,1H3,(H,11,12,14). The van der Waals surface area contributed by atoms with Gasteiger partial charge in [0.05, 0.1) is 10.9 Å². The predicted octanol–water partition coefficient (Wildman–Crippen LogP) is 0.848. The molecule has 0 fully saturated rings. The van der Waals surface area contributed by atoms with Gasteiger partial charge in [0, 0.05) is 6.92 Å². The van der Waals surface area contributed by atoms with Crippen LogP contribution in [0.2, 0.25) is 0 Å². The van der Waals surface area contributed by atoms with E-state index < -0.39 is 11.7 Å². The summed E-state index contributed by atoms with van der Waals surface area (Å²) in [4.78, 5) is 28.1. The molecule has 0 aliphatic carbocycles. The minimum Gasteiger partial charge on any atom is -0.407 e. The van der Waals surface area contributed by atoms with Crippen molar-refractivity contribution in [2.24, 2.45) is 0 Å². The number of H-pyrrole nitrogens is 1. The zero-order chi connectivity index (χ0) is 10.8.